The van der Waals surface area contributed by atoms with Gasteiger partial charge < -0.3 is 19.7 Å². The van der Waals surface area contributed by atoms with E-state index in [-0.39, 0.29) is 12.5 Å². The number of aromatic amines is 1. The van der Waals surface area contributed by atoms with Crippen LogP contribution in [0.1, 0.15) is 43.5 Å². The molecule has 1 fully saturated rings. The van der Waals surface area contributed by atoms with Crippen molar-refractivity contribution in [2.45, 2.75) is 37.6 Å². The largest absolute Gasteiger partial charge is 0.497 e. The van der Waals surface area contributed by atoms with Crippen LogP contribution in [0.2, 0.25) is 0 Å². The van der Waals surface area contributed by atoms with Crippen molar-refractivity contribution in [3.63, 3.8) is 0 Å². The zero-order valence-corrected chi connectivity index (χ0v) is 18.5. The van der Waals surface area contributed by atoms with Crippen LogP contribution in [-0.4, -0.2) is 73.2 Å². The molecule has 9 heteroatoms. The Morgan fingerprint density at radius 1 is 1.33 bits per heavy atom. The summed E-state index contributed by atoms with van der Waals surface area (Å²) in [5.41, 5.74) is 2.26. The molecule has 1 amide bonds. The molecule has 2 N–H and O–H groups in total. The third-order valence-electron chi connectivity index (χ3n) is 6.68. The molecule has 8 nitrogen and oxygen atoms in total. The van der Waals surface area contributed by atoms with Crippen LogP contribution in [0, 0.1) is 0 Å². The Balaban J connectivity index is 1.88. The Labute approximate surface area is 176 Å². The second-order valence-corrected chi connectivity index (χ2v) is 10.3. The number of H-pyrrole nitrogens is 1. The van der Waals surface area contributed by atoms with Crippen LogP contribution in [0.15, 0.2) is 18.2 Å². The predicted octanol–water partition coefficient (Wildman–Crippen LogP) is 1.76. The second-order valence-electron chi connectivity index (χ2n) is 8.35. The number of ether oxygens (including phenoxy) is 1. The molecule has 4 rings (SSSR count). The Morgan fingerprint density at radius 3 is 2.60 bits per heavy atom. The molecule has 1 atom stereocenters. The van der Waals surface area contributed by atoms with Gasteiger partial charge in [0.15, 0.2) is 0 Å². The number of piperidine rings is 1. The zero-order chi connectivity index (χ0) is 21.7. The fourth-order valence-corrected chi connectivity index (χ4v) is 6.24. The first kappa shape index (κ1) is 21.1. The van der Waals surface area contributed by atoms with E-state index < -0.39 is 21.5 Å². The van der Waals surface area contributed by atoms with Crippen molar-refractivity contribution in [2.24, 2.45) is 0 Å². The molecule has 30 heavy (non-hydrogen) atoms. The van der Waals surface area contributed by atoms with Crippen molar-refractivity contribution in [2.75, 3.05) is 39.6 Å². The van der Waals surface area contributed by atoms with Crippen LogP contribution in [0.4, 0.5) is 0 Å². The normalized spacial score (nSPS) is 21.7. The highest BCUT2D eigenvalue weighted by Gasteiger charge is 2.50. The molecular weight excluding hydrogens is 406 g/mol. The van der Waals surface area contributed by atoms with Gasteiger partial charge in [0.05, 0.1) is 26.0 Å². The molecule has 1 aromatic carbocycles. The lowest BCUT2D eigenvalue weighted by Crippen LogP contribution is -2.55. The quantitative estimate of drug-likeness (QED) is 0.762. The number of amides is 1. The average Bonchev–Trinajstić information content (AvgIpc) is 3.12. The van der Waals surface area contributed by atoms with Crippen molar-refractivity contribution in [3.8, 4) is 5.75 Å². The van der Waals surface area contributed by atoms with Gasteiger partial charge in [-0.1, -0.05) is 6.92 Å². The Bertz CT molecular complexity index is 1070. The summed E-state index contributed by atoms with van der Waals surface area (Å²) in [5, 5.41) is 11.1. The third-order valence-corrected chi connectivity index (χ3v) is 7.91. The van der Waals surface area contributed by atoms with Crippen molar-refractivity contribution >= 4 is 26.8 Å². The van der Waals surface area contributed by atoms with E-state index >= 15 is 0 Å². The van der Waals surface area contributed by atoms with E-state index in [0.29, 0.717) is 44.6 Å². The summed E-state index contributed by atoms with van der Waals surface area (Å²) in [6.07, 6.45) is 3.01. The average molecular weight is 436 g/mol. The number of carbonyl (C=O) groups is 1. The van der Waals surface area contributed by atoms with Crippen LogP contribution in [0.5, 0.6) is 5.75 Å². The molecule has 2 aliphatic rings. The predicted molar refractivity (Wildman–Crippen MR) is 114 cm³/mol. The molecule has 1 aromatic heterocycles. The highest BCUT2D eigenvalue weighted by Crippen LogP contribution is 2.49. The number of hydrogen-bond donors (Lipinski definition) is 2. The van der Waals surface area contributed by atoms with Gasteiger partial charge in [0.2, 0.25) is 15.9 Å². The number of nitrogens with zero attached hydrogens (tertiary/aromatic N) is 2. The van der Waals surface area contributed by atoms with Crippen LogP contribution < -0.4 is 4.74 Å². The number of sulfonamides is 1. The minimum atomic E-state index is -3.54. The second kappa shape index (κ2) is 7.55. The molecule has 0 radical (unpaired) electrons. The first-order valence-electron chi connectivity index (χ1n) is 10.3. The number of likely N-dealkylation sites (tertiary alicyclic amines) is 1. The van der Waals surface area contributed by atoms with E-state index in [1.807, 2.05) is 30.0 Å². The van der Waals surface area contributed by atoms with Crippen LogP contribution >= 0.6 is 0 Å². The first-order valence-corrected chi connectivity index (χ1v) is 12.1. The lowest BCUT2D eigenvalue weighted by molar-refractivity contribution is -0.132. The molecule has 1 spiro atoms. The van der Waals surface area contributed by atoms with Crippen LogP contribution in [-0.2, 0) is 20.2 Å². The maximum atomic E-state index is 12.6. The van der Waals surface area contributed by atoms with Crippen LogP contribution in [0.25, 0.3) is 10.9 Å². The molecule has 2 aliphatic heterocycles. The molecular formula is C21H29N3O5S. The van der Waals surface area contributed by atoms with E-state index in [9.17, 15) is 18.3 Å². The number of aliphatic hydroxyl groups excluding tert-OH is 1. The summed E-state index contributed by atoms with van der Waals surface area (Å²) in [7, 11) is -1.94. The van der Waals surface area contributed by atoms with E-state index in [1.165, 1.54) is 10.6 Å². The molecule has 0 saturated carbocycles. The number of carbonyl (C=O) groups excluding carboxylic acids is 1. The van der Waals surface area contributed by atoms with Gasteiger partial charge in [-0.05, 0) is 30.5 Å². The van der Waals surface area contributed by atoms with E-state index in [1.54, 1.807) is 7.11 Å². The van der Waals surface area contributed by atoms with E-state index in [2.05, 4.69) is 4.98 Å². The Kier molecular flexibility index (Phi) is 5.32. The van der Waals surface area contributed by atoms with E-state index in [0.717, 1.165) is 22.2 Å². The smallest absolute Gasteiger partial charge is 0.222 e. The summed E-state index contributed by atoms with van der Waals surface area (Å²) in [4.78, 5) is 17.5. The standard InChI is InChI=1S/C21H29N3O5S/c1-4-18(26)23-9-7-21(8-10-23)13-24(30(3,27)28)17(12-25)20-19(21)15-6-5-14(29-2)11-16(15)22-20/h5-6,11,17,22,25H,4,7-10,12-13H2,1-3H3/t17-/m1/s1. The van der Waals surface area contributed by atoms with Gasteiger partial charge in [-0.15, -0.1) is 0 Å². The van der Waals surface area contributed by atoms with Gasteiger partial charge in [0.1, 0.15) is 5.75 Å². The van der Waals surface area contributed by atoms with Gasteiger partial charge >= 0.3 is 0 Å². The van der Waals surface area contributed by atoms with Crippen LogP contribution in [0.3, 0.4) is 0 Å². The molecule has 2 aromatic rings. The van der Waals surface area contributed by atoms with Crippen molar-refractivity contribution in [1.29, 1.82) is 0 Å². The molecule has 3 heterocycles. The number of rotatable bonds is 4. The molecule has 0 bridgehead atoms. The molecule has 164 valence electrons. The fourth-order valence-electron chi connectivity index (χ4n) is 5.12. The number of hydrogen-bond acceptors (Lipinski definition) is 5. The number of fused-ring (bicyclic) bond motifs is 4. The fraction of sp³-hybridized carbons (Fsp3) is 0.571. The Morgan fingerprint density at radius 2 is 2.03 bits per heavy atom. The first-order chi connectivity index (χ1) is 14.2. The lowest BCUT2D eigenvalue weighted by atomic mass is 9.69. The summed E-state index contributed by atoms with van der Waals surface area (Å²) in [6.45, 7) is 3.04. The molecule has 0 unspecified atom stereocenters. The van der Waals surface area contributed by atoms with Crippen molar-refractivity contribution in [3.05, 3.63) is 29.5 Å². The number of benzene rings is 1. The minimum Gasteiger partial charge on any atom is -0.497 e. The SMILES string of the molecule is CCC(=O)N1CCC2(CC1)CN(S(C)(=O)=O)[C@H](CO)c1[nH]c3cc(OC)ccc3c12. The van der Waals surface area contributed by atoms with Gasteiger partial charge in [-0.3, -0.25) is 4.79 Å². The van der Waals surface area contributed by atoms with Gasteiger partial charge in [-0.2, -0.15) is 4.31 Å². The summed E-state index contributed by atoms with van der Waals surface area (Å²) in [5.74, 6) is 0.830. The number of nitrogens with one attached hydrogen (secondary N) is 1. The van der Waals surface area contributed by atoms with Gasteiger partial charge in [0, 0.05) is 54.1 Å². The maximum absolute atomic E-state index is 12.6. The van der Waals surface area contributed by atoms with Crippen molar-refractivity contribution in [1.82, 2.24) is 14.2 Å². The summed E-state index contributed by atoms with van der Waals surface area (Å²) >= 11 is 0. The Hall–Kier alpha value is -2.10. The lowest BCUT2D eigenvalue weighted by Gasteiger charge is -2.49. The summed E-state index contributed by atoms with van der Waals surface area (Å²) in [6, 6.07) is 5.14. The highest BCUT2D eigenvalue weighted by atomic mass is 32.2. The van der Waals surface area contributed by atoms with Gasteiger partial charge in [0.25, 0.3) is 0 Å². The third kappa shape index (κ3) is 3.29. The molecule has 1 saturated heterocycles. The van der Waals surface area contributed by atoms with E-state index in [4.69, 9.17) is 4.74 Å². The summed E-state index contributed by atoms with van der Waals surface area (Å²) < 4.78 is 32.1. The van der Waals surface area contributed by atoms with Crippen molar-refractivity contribution < 1.29 is 23.1 Å². The number of methoxy groups -OCH3 is 1. The minimum absolute atomic E-state index is 0.123. The molecule has 0 aliphatic carbocycles. The number of aromatic nitrogens is 1. The topological polar surface area (TPSA) is 103 Å². The van der Waals surface area contributed by atoms with Gasteiger partial charge in [-0.25, -0.2) is 8.42 Å². The monoisotopic (exact) mass is 435 g/mol. The highest BCUT2D eigenvalue weighted by molar-refractivity contribution is 7.88. The number of aliphatic hydroxyl groups is 1. The zero-order valence-electron chi connectivity index (χ0n) is 17.6. The maximum Gasteiger partial charge on any atom is 0.222 e.